The van der Waals surface area contributed by atoms with Crippen molar-refractivity contribution in [2.75, 3.05) is 13.6 Å². The van der Waals surface area contributed by atoms with Gasteiger partial charge in [-0.1, -0.05) is 12.1 Å². The SMILES string of the molecule is [2H][C@](O)(CNC)c1cccc(O)c1. The monoisotopic (exact) mass is 168 g/mol. The highest BCUT2D eigenvalue weighted by atomic mass is 16.3. The summed E-state index contributed by atoms with van der Waals surface area (Å²) in [5.41, 5.74) is 0.377. The molecule has 0 saturated heterocycles. The van der Waals surface area contributed by atoms with Crippen LogP contribution in [0.1, 0.15) is 13.0 Å². The molecular formula is C9H13NO2. The first kappa shape index (κ1) is 7.58. The van der Waals surface area contributed by atoms with Gasteiger partial charge in [-0.15, -0.1) is 0 Å². The third-order valence-electron chi connectivity index (χ3n) is 1.52. The van der Waals surface area contributed by atoms with Gasteiger partial charge in [0.25, 0.3) is 0 Å². The van der Waals surface area contributed by atoms with E-state index in [-0.39, 0.29) is 12.3 Å². The van der Waals surface area contributed by atoms with E-state index in [0.717, 1.165) is 0 Å². The lowest BCUT2D eigenvalue weighted by atomic mass is 10.1. The minimum absolute atomic E-state index is 0.0549. The van der Waals surface area contributed by atoms with Crippen LogP contribution in [0.15, 0.2) is 24.3 Å². The van der Waals surface area contributed by atoms with Gasteiger partial charge >= 0.3 is 0 Å². The van der Waals surface area contributed by atoms with Gasteiger partial charge < -0.3 is 15.5 Å². The second-order valence-electron chi connectivity index (χ2n) is 2.53. The molecule has 0 aliphatic carbocycles. The second-order valence-corrected chi connectivity index (χ2v) is 2.53. The van der Waals surface area contributed by atoms with E-state index in [2.05, 4.69) is 5.32 Å². The smallest absolute Gasteiger partial charge is 0.115 e. The second kappa shape index (κ2) is 4.09. The lowest BCUT2D eigenvalue weighted by molar-refractivity contribution is 0.177. The Hall–Kier alpha value is -1.06. The quantitative estimate of drug-likeness (QED) is 0.621. The predicted octanol–water partition coefficient (Wildman–Crippen LogP) is 0.645. The fraction of sp³-hybridized carbons (Fsp3) is 0.333. The zero-order chi connectivity index (χ0) is 9.90. The van der Waals surface area contributed by atoms with Gasteiger partial charge in [-0.3, -0.25) is 0 Å². The summed E-state index contributed by atoms with van der Waals surface area (Å²) in [4.78, 5) is 0. The van der Waals surface area contributed by atoms with E-state index in [9.17, 15) is 5.11 Å². The van der Waals surface area contributed by atoms with Gasteiger partial charge in [0.05, 0.1) is 7.45 Å². The molecular weight excluding hydrogens is 154 g/mol. The standard InChI is InChI=1S/C9H13NO2/c1-10-6-9(12)7-3-2-4-8(11)5-7/h2-5,9-12H,6H2,1H3/t9-/m0/s1/i9D. The number of benzene rings is 1. The van der Waals surface area contributed by atoms with Crippen molar-refractivity contribution >= 4 is 0 Å². The Morgan fingerprint density at radius 3 is 3.00 bits per heavy atom. The Kier molecular flexibility index (Phi) is 2.58. The molecule has 0 spiro atoms. The predicted molar refractivity (Wildman–Crippen MR) is 47.0 cm³/mol. The highest BCUT2D eigenvalue weighted by molar-refractivity contribution is 5.28. The molecule has 3 heteroatoms. The molecule has 66 valence electrons. The van der Waals surface area contributed by atoms with E-state index in [0.29, 0.717) is 5.56 Å². The van der Waals surface area contributed by atoms with Crippen LogP contribution in [0, 0.1) is 0 Å². The Bertz CT molecular complexity index is 289. The summed E-state index contributed by atoms with van der Waals surface area (Å²) in [6.07, 6.45) is -1.69. The fourth-order valence-corrected chi connectivity index (χ4v) is 0.955. The molecule has 3 N–H and O–H groups in total. The van der Waals surface area contributed by atoms with Crippen LogP contribution in [-0.2, 0) is 0 Å². The molecule has 1 aromatic rings. The summed E-state index contributed by atoms with van der Waals surface area (Å²) in [6, 6.07) is 6.08. The van der Waals surface area contributed by atoms with Crippen LogP contribution < -0.4 is 5.32 Å². The van der Waals surface area contributed by atoms with Crippen LogP contribution in [0.25, 0.3) is 0 Å². The van der Waals surface area contributed by atoms with E-state index >= 15 is 0 Å². The molecule has 0 aromatic heterocycles. The van der Waals surface area contributed by atoms with Gasteiger partial charge in [-0.05, 0) is 24.7 Å². The van der Waals surface area contributed by atoms with Crippen molar-refractivity contribution in [1.29, 1.82) is 0 Å². The van der Waals surface area contributed by atoms with Crippen LogP contribution in [0.5, 0.6) is 5.75 Å². The van der Waals surface area contributed by atoms with E-state index in [1.807, 2.05) is 0 Å². The number of aliphatic hydroxyl groups is 1. The number of phenols is 1. The van der Waals surface area contributed by atoms with Crippen molar-refractivity contribution in [3.05, 3.63) is 29.8 Å². The Balaban J connectivity index is 2.93. The van der Waals surface area contributed by atoms with Gasteiger partial charge in [0.2, 0.25) is 0 Å². The van der Waals surface area contributed by atoms with Crippen molar-refractivity contribution in [1.82, 2.24) is 5.32 Å². The molecule has 1 aromatic carbocycles. The van der Waals surface area contributed by atoms with Crippen LogP contribution in [0.3, 0.4) is 0 Å². The average Bonchev–Trinajstić information content (AvgIpc) is 2.04. The van der Waals surface area contributed by atoms with Crippen molar-refractivity contribution in [3.8, 4) is 5.75 Å². The lowest BCUT2D eigenvalue weighted by Crippen LogP contribution is -2.16. The first-order valence-electron chi connectivity index (χ1n) is 4.23. The van der Waals surface area contributed by atoms with Gasteiger partial charge in [-0.2, -0.15) is 0 Å². The normalized spacial score (nSPS) is 16.7. The molecule has 0 radical (unpaired) electrons. The number of likely N-dealkylation sites (N-methyl/N-ethyl adjacent to an activating group) is 1. The van der Waals surface area contributed by atoms with Crippen molar-refractivity contribution < 1.29 is 11.6 Å². The summed E-state index contributed by atoms with van der Waals surface area (Å²) >= 11 is 0. The minimum Gasteiger partial charge on any atom is -0.508 e. The van der Waals surface area contributed by atoms with Gasteiger partial charge in [0, 0.05) is 6.54 Å². The molecule has 0 amide bonds. The third-order valence-corrected chi connectivity index (χ3v) is 1.52. The Morgan fingerprint density at radius 2 is 2.42 bits per heavy atom. The molecule has 0 heterocycles. The summed E-state index contributed by atoms with van der Waals surface area (Å²) in [5, 5.41) is 21.4. The number of hydrogen-bond donors (Lipinski definition) is 3. The first-order chi connectivity index (χ1) is 6.06. The molecule has 0 aliphatic heterocycles. The van der Waals surface area contributed by atoms with Crippen LogP contribution >= 0.6 is 0 Å². The van der Waals surface area contributed by atoms with Crippen LogP contribution in [0.2, 0.25) is 0 Å². The topological polar surface area (TPSA) is 52.5 Å². The van der Waals surface area contributed by atoms with Crippen LogP contribution in [-0.4, -0.2) is 23.8 Å². The van der Waals surface area contributed by atoms with E-state index in [1.54, 1.807) is 19.2 Å². The highest BCUT2D eigenvalue weighted by Crippen LogP contribution is 2.17. The van der Waals surface area contributed by atoms with Gasteiger partial charge in [0.1, 0.15) is 5.75 Å². The Labute approximate surface area is 73.1 Å². The average molecular weight is 168 g/mol. The minimum atomic E-state index is -1.69. The van der Waals surface area contributed by atoms with Gasteiger partial charge in [0.15, 0.2) is 0 Å². The maximum Gasteiger partial charge on any atom is 0.115 e. The summed E-state index contributed by atoms with van der Waals surface area (Å²) in [7, 11) is 1.66. The van der Waals surface area contributed by atoms with Crippen molar-refractivity contribution in [3.63, 3.8) is 0 Å². The first-order valence-corrected chi connectivity index (χ1v) is 3.73. The Morgan fingerprint density at radius 1 is 1.67 bits per heavy atom. The molecule has 0 aliphatic rings. The summed E-state index contributed by atoms with van der Waals surface area (Å²) in [5.74, 6) is 0.0549. The zero-order valence-corrected chi connectivity index (χ0v) is 6.91. The number of hydrogen-bond acceptors (Lipinski definition) is 3. The number of phenolic OH excluding ortho intramolecular Hbond substituents is 1. The third kappa shape index (κ3) is 2.22. The molecule has 12 heavy (non-hydrogen) atoms. The summed E-state index contributed by atoms with van der Waals surface area (Å²) in [6.45, 7) is 0.121. The molecule has 0 bridgehead atoms. The molecule has 0 saturated carbocycles. The summed E-state index contributed by atoms with van der Waals surface area (Å²) < 4.78 is 7.55. The number of rotatable bonds is 3. The van der Waals surface area contributed by atoms with E-state index in [1.165, 1.54) is 12.1 Å². The number of nitrogens with one attached hydrogen (secondary N) is 1. The van der Waals surface area contributed by atoms with E-state index < -0.39 is 6.08 Å². The largest absolute Gasteiger partial charge is 0.508 e. The maximum atomic E-state index is 9.60. The van der Waals surface area contributed by atoms with Crippen LogP contribution in [0.4, 0.5) is 0 Å². The molecule has 1 rings (SSSR count). The zero-order valence-electron chi connectivity index (χ0n) is 7.91. The van der Waals surface area contributed by atoms with E-state index in [4.69, 9.17) is 6.48 Å². The maximum absolute atomic E-state index is 9.60. The molecule has 1 atom stereocenters. The van der Waals surface area contributed by atoms with Crippen molar-refractivity contribution in [2.24, 2.45) is 0 Å². The number of aromatic hydroxyl groups is 1. The molecule has 0 unspecified atom stereocenters. The lowest BCUT2D eigenvalue weighted by Gasteiger charge is -2.09. The fourth-order valence-electron chi connectivity index (χ4n) is 0.955. The molecule has 3 nitrogen and oxygen atoms in total. The van der Waals surface area contributed by atoms with Gasteiger partial charge in [-0.25, -0.2) is 0 Å². The highest BCUT2D eigenvalue weighted by Gasteiger charge is 2.05. The molecule has 0 fully saturated rings. The van der Waals surface area contributed by atoms with Crippen molar-refractivity contribution in [2.45, 2.75) is 6.08 Å².